The molecule has 0 saturated heterocycles. The Morgan fingerprint density at radius 3 is 2.46 bits per heavy atom. The lowest BCUT2D eigenvalue weighted by atomic mass is 10.1. The van der Waals surface area contributed by atoms with Crippen molar-refractivity contribution in [1.29, 1.82) is 0 Å². The molecule has 0 heterocycles. The van der Waals surface area contributed by atoms with Gasteiger partial charge in [0.25, 0.3) is 6.43 Å². The first-order valence-corrected chi connectivity index (χ1v) is 4.12. The van der Waals surface area contributed by atoms with Crippen molar-refractivity contribution >= 4 is 21.9 Å². The third-order valence-corrected chi connectivity index (χ3v) is 2.13. The Balaban J connectivity index is 3.13. The fraction of sp³-hybridized carbons (Fsp3) is 0.125. The number of hydrogen-bond acceptors (Lipinski definition) is 1. The van der Waals surface area contributed by atoms with Crippen LogP contribution in [0.3, 0.4) is 0 Å². The molecule has 0 radical (unpaired) electrons. The molecule has 1 aromatic carbocycles. The van der Waals surface area contributed by atoms with Gasteiger partial charge in [-0.1, -0.05) is 6.07 Å². The maximum atomic E-state index is 12.1. The van der Waals surface area contributed by atoms with Gasteiger partial charge in [0.15, 0.2) is 0 Å². The van der Waals surface area contributed by atoms with Crippen LogP contribution in [0.4, 0.5) is 8.78 Å². The molecule has 2 nitrogen and oxygen atoms in total. The number of carboxylic acid groups (broad SMARTS) is 1. The first-order valence-electron chi connectivity index (χ1n) is 3.33. The number of halogens is 3. The van der Waals surface area contributed by atoms with Crippen molar-refractivity contribution in [3.05, 3.63) is 33.8 Å². The molecule has 0 saturated carbocycles. The molecule has 0 aromatic heterocycles. The zero-order valence-corrected chi connectivity index (χ0v) is 7.88. The Kier molecular flexibility index (Phi) is 2.98. The predicted octanol–water partition coefficient (Wildman–Crippen LogP) is 3.08. The van der Waals surface area contributed by atoms with Gasteiger partial charge in [0.2, 0.25) is 0 Å². The van der Waals surface area contributed by atoms with Gasteiger partial charge in [0, 0.05) is 10.0 Å². The highest BCUT2D eigenvalue weighted by atomic mass is 79.9. The van der Waals surface area contributed by atoms with Crippen molar-refractivity contribution in [2.75, 3.05) is 0 Å². The number of alkyl halides is 2. The highest BCUT2D eigenvalue weighted by Crippen LogP contribution is 2.25. The quantitative estimate of drug-likeness (QED) is 0.876. The van der Waals surface area contributed by atoms with Gasteiger partial charge in [-0.25, -0.2) is 13.6 Å². The fourth-order valence-electron chi connectivity index (χ4n) is 0.841. The summed E-state index contributed by atoms with van der Waals surface area (Å²) in [4.78, 5) is 10.5. The van der Waals surface area contributed by atoms with Crippen molar-refractivity contribution in [1.82, 2.24) is 0 Å². The summed E-state index contributed by atoms with van der Waals surface area (Å²) in [6, 6.07) is 3.35. The first kappa shape index (κ1) is 10.1. The van der Waals surface area contributed by atoms with Crippen molar-refractivity contribution in [2.24, 2.45) is 0 Å². The van der Waals surface area contributed by atoms with E-state index in [1.54, 1.807) is 0 Å². The van der Waals surface area contributed by atoms with E-state index in [1.165, 1.54) is 0 Å². The van der Waals surface area contributed by atoms with E-state index in [1.807, 2.05) is 0 Å². The average Bonchev–Trinajstić information content (AvgIpc) is 2.03. The highest BCUT2D eigenvalue weighted by molar-refractivity contribution is 9.10. The van der Waals surface area contributed by atoms with E-state index in [2.05, 4.69) is 15.9 Å². The second kappa shape index (κ2) is 3.83. The van der Waals surface area contributed by atoms with Crippen LogP contribution in [0.25, 0.3) is 0 Å². The first-order chi connectivity index (χ1) is 6.02. The van der Waals surface area contributed by atoms with E-state index in [-0.39, 0.29) is 15.6 Å². The Morgan fingerprint density at radius 2 is 2.08 bits per heavy atom. The molecule has 1 rings (SSSR count). The molecule has 0 spiro atoms. The van der Waals surface area contributed by atoms with Gasteiger partial charge in [0.1, 0.15) is 0 Å². The van der Waals surface area contributed by atoms with E-state index in [9.17, 15) is 13.6 Å². The Morgan fingerprint density at radius 1 is 1.46 bits per heavy atom. The molecule has 0 aliphatic carbocycles. The minimum absolute atomic E-state index is 0.0237. The van der Waals surface area contributed by atoms with Gasteiger partial charge < -0.3 is 5.11 Å². The van der Waals surface area contributed by atoms with Crippen molar-refractivity contribution in [2.45, 2.75) is 6.43 Å². The van der Waals surface area contributed by atoms with Crippen LogP contribution in [0, 0.1) is 0 Å². The minimum Gasteiger partial charge on any atom is -0.478 e. The van der Waals surface area contributed by atoms with Crippen LogP contribution in [0.2, 0.25) is 0 Å². The van der Waals surface area contributed by atoms with Crippen LogP contribution in [-0.2, 0) is 0 Å². The highest BCUT2D eigenvalue weighted by Gasteiger charge is 2.12. The molecule has 5 heteroatoms. The number of rotatable bonds is 2. The number of carboxylic acids is 1. The standard InChI is InChI=1S/C8H5BrF2O2/c9-6-3-4(7(10)11)1-2-5(6)8(12)13/h1-3,7H,(H,12,13). The van der Waals surface area contributed by atoms with E-state index in [0.29, 0.717) is 0 Å². The molecule has 0 aliphatic heterocycles. The number of benzene rings is 1. The summed E-state index contributed by atoms with van der Waals surface area (Å²) in [5.74, 6) is -1.15. The molecule has 0 amide bonds. The van der Waals surface area contributed by atoms with Gasteiger partial charge in [-0.15, -0.1) is 0 Å². The molecule has 0 unspecified atom stereocenters. The van der Waals surface area contributed by atoms with Crippen LogP contribution in [0.1, 0.15) is 22.3 Å². The van der Waals surface area contributed by atoms with Crippen LogP contribution in [-0.4, -0.2) is 11.1 Å². The summed E-state index contributed by atoms with van der Waals surface area (Å²) in [5.41, 5.74) is -0.221. The summed E-state index contributed by atoms with van der Waals surface area (Å²) in [6.07, 6.45) is -2.58. The molecule has 0 bridgehead atoms. The zero-order valence-electron chi connectivity index (χ0n) is 6.30. The largest absolute Gasteiger partial charge is 0.478 e. The van der Waals surface area contributed by atoms with Gasteiger partial charge >= 0.3 is 5.97 Å². The lowest BCUT2D eigenvalue weighted by Crippen LogP contribution is -1.98. The molecular formula is C8H5BrF2O2. The maximum Gasteiger partial charge on any atom is 0.336 e. The molecule has 1 N–H and O–H groups in total. The molecular weight excluding hydrogens is 246 g/mol. The summed E-state index contributed by atoms with van der Waals surface area (Å²) in [6.45, 7) is 0. The van der Waals surface area contributed by atoms with Crippen LogP contribution in [0.15, 0.2) is 22.7 Å². The summed E-state index contributed by atoms with van der Waals surface area (Å²) >= 11 is 2.90. The van der Waals surface area contributed by atoms with Gasteiger partial charge in [-0.3, -0.25) is 0 Å². The number of hydrogen-bond donors (Lipinski definition) is 1. The molecule has 0 atom stereocenters. The van der Waals surface area contributed by atoms with Gasteiger partial charge in [-0.05, 0) is 28.1 Å². The zero-order chi connectivity index (χ0) is 10.0. The molecule has 13 heavy (non-hydrogen) atoms. The van der Waals surface area contributed by atoms with Crippen molar-refractivity contribution in [3.63, 3.8) is 0 Å². The van der Waals surface area contributed by atoms with E-state index < -0.39 is 12.4 Å². The molecule has 0 fully saturated rings. The maximum absolute atomic E-state index is 12.1. The van der Waals surface area contributed by atoms with Crippen molar-refractivity contribution < 1.29 is 18.7 Å². The lowest BCUT2D eigenvalue weighted by molar-refractivity contribution is 0.0695. The van der Waals surface area contributed by atoms with Crippen LogP contribution >= 0.6 is 15.9 Å². The second-order valence-corrected chi connectivity index (χ2v) is 3.20. The summed E-state index contributed by atoms with van der Waals surface area (Å²) in [5, 5.41) is 8.58. The third kappa shape index (κ3) is 2.24. The Hall–Kier alpha value is -0.970. The number of aromatic carboxylic acids is 1. The number of carbonyl (C=O) groups is 1. The van der Waals surface area contributed by atoms with Crippen LogP contribution in [0.5, 0.6) is 0 Å². The van der Waals surface area contributed by atoms with Crippen LogP contribution < -0.4 is 0 Å². The van der Waals surface area contributed by atoms with Gasteiger partial charge in [0.05, 0.1) is 5.56 Å². The fourth-order valence-corrected chi connectivity index (χ4v) is 1.41. The minimum atomic E-state index is -2.58. The van der Waals surface area contributed by atoms with E-state index in [4.69, 9.17) is 5.11 Å². The topological polar surface area (TPSA) is 37.3 Å². The molecule has 0 aliphatic rings. The van der Waals surface area contributed by atoms with E-state index in [0.717, 1.165) is 18.2 Å². The summed E-state index contributed by atoms with van der Waals surface area (Å²) in [7, 11) is 0. The lowest BCUT2D eigenvalue weighted by Gasteiger charge is -2.02. The predicted molar refractivity (Wildman–Crippen MR) is 46.1 cm³/mol. The average molecular weight is 251 g/mol. The summed E-state index contributed by atoms with van der Waals surface area (Å²) < 4.78 is 24.4. The smallest absolute Gasteiger partial charge is 0.336 e. The molecule has 70 valence electrons. The van der Waals surface area contributed by atoms with E-state index >= 15 is 0 Å². The van der Waals surface area contributed by atoms with Gasteiger partial charge in [-0.2, -0.15) is 0 Å². The Bertz CT molecular complexity index is 339. The van der Waals surface area contributed by atoms with Crippen molar-refractivity contribution in [3.8, 4) is 0 Å². The third-order valence-electron chi connectivity index (χ3n) is 1.48. The molecule has 1 aromatic rings. The monoisotopic (exact) mass is 250 g/mol. The normalized spacial score (nSPS) is 10.5. The Labute approximate surface area is 81.3 Å². The second-order valence-electron chi connectivity index (χ2n) is 2.35. The SMILES string of the molecule is O=C(O)c1ccc(C(F)F)cc1Br.